The molecule has 4 heteroatoms. The van der Waals surface area contributed by atoms with Crippen LogP contribution in [0, 0.1) is 0 Å². The van der Waals surface area contributed by atoms with Gasteiger partial charge in [0.25, 0.3) is 0 Å². The molecule has 0 amide bonds. The zero-order chi connectivity index (χ0) is 9.14. The fourth-order valence-electron chi connectivity index (χ4n) is 0.802. The van der Waals surface area contributed by atoms with Gasteiger partial charge in [-0.05, 0) is 6.42 Å². The molecule has 0 radical (unpaired) electrons. The van der Waals surface area contributed by atoms with Crippen molar-refractivity contribution in [1.82, 2.24) is 4.98 Å². The second-order valence-electron chi connectivity index (χ2n) is 2.74. The van der Waals surface area contributed by atoms with Crippen molar-refractivity contribution in [3.8, 4) is 0 Å². The van der Waals surface area contributed by atoms with E-state index in [0.29, 0.717) is 10.9 Å². The highest BCUT2D eigenvalue weighted by Crippen LogP contribution is 2.22. The van der Waals surface area contributed by atoms with E-state index in [9.17, 15) is 0 Å². The summed E-state index contributed by atoms with van der Waals surface area (Å²) in [5.74, 6) is 0.512. The van der Waals surface area contributed by atoms with E-state index in [1.165, 1.54) is 0 Å². The van der Waals surface area contributed by atoms with Gasteiger partial charge in [0.05, 0.1) is 5.01 Å². The summed E-state index contributed by atoms with van der Waals surface area (Å²) >= 11 is 6.45. The van der Waals surface area contributed by atoms with Crippen molar-refractivity contribution in [3.05, 3.63) is 16.1 Å². The van der Waals surface area contributed by atoms with Gasteiger partial charge in [0.15, 0.2) is 0 Å². The molecule has 0 saturated heterocycles. The number of thiazole rings is 1. The van der Waals surface area contributed by atoms with Gasteiger partial charge in [-0.1, -0.05) is 26.1 Å². The smallest absolute Gasteiger partial charge is 0.123 e. The largest absolute Gasteiger partial charge is 0.388 e. The van der Waals surface area contributed by atoms with Crippen LogP contribution in [0.15, 0.2) is 5.38 Å². The zero-order valence-corrected chi connectivity index (χ0v) is 8.84. The van der Waals surface area contributed by atoms with Crippen LogP contribution in [-0.4, -0.2) is 9.97 Å². The molecule has 0 saturated carbocycles. The summed E-state index contributed by atoms with van der Waals surface area (Å²) < 4.78 is 0. The van der Waals surface area contributed by atoms with E-state index in [0.717, 1.165) is 17.1 Å². The van der Waals surface area contributed by atoms with E-state index in [1.54, 1.807) is 11.3 Å². The van der Waals surface area contributed by atoms with E-state index in [1.807, 2.05) is 5.38 Å². The van der Waals surface area contributed by atoms with Crippen molar-refractivity contribution in [1.29, 1.82) is 0 Å². The van der Waals surface area contributed by atoms with Crippen molar-refractivity contribution in [2.45, 2.75) is 26.2 Å². The Morgan fingerprint density at radius 2 is 2.50 bits per heavy atom. The van der Waals surface area contributed by atoms with Crippen molar-refractivity contribution < 1.29 is 0 Å². The van der Waals surface area contributed by atoms with Crippen LogP contribution in [0.1, 0.15) is 36.9 Å². The molecular formula is C8H12N2S2. The normalized spacial score (nSPS) is 12.8. The summed E-state index contributed by atoms with van der Waals surface area (Å²) in [6, 6.07) is 0. The first-order valence-electron chi connectivity index (χ1n) is 3.90. The number of hydrogen-bond donors (Lipinski definition) is 1. The average molecular weight is 200 g/mol. The first kappa shape index (κ1) is 9.61. The number of hydrogen-bond acceptors (Lipinski definition) is 3. The van der Waals surface area contributed by atoms with E-state index in [-0.39, 0.29) is 0 Å². The molecule has 2 nitrogen and oxygen atoms in total. The molecule has 0 spiro atoms. The fourth-order valence-corrected chi connectivity index (χ4v) is 1.94. The van der Waals surface area contributed by atoms with Crippen molar-refractivity contribution >= 4 is 28.5 Å². The van der Waals surface area contributed by atoms with Crippen LogP contribution in [0.3, 0.4) is 0 Å². The van der Waals surface area contributed by atoms with Gasteiger partial charge in [-0.2, -0.15) is 0 Å². The van der Waals surface area contributed by atoms with Crippen LogP contribution < -0.4 is 5.73 Å². The van der Waals surface area contributed by atoms with Gasteiger partial charge in [0.1, 0.15) is 10.7 Å². The van der Waals surface area contributed by atoms with Crippen LogP contribution in [0.2, 0.25) is 0 Å². The highest BCUT2D eigenvalue weighted by molar-refractivity contribution is 7.80. The third-order valence-corrected chi connectivity index (χ3v) is 3.09. The van der Waals surface area contributed by atoms with Crippen LogP contribution in [0.25, 0.3) is 0 Å². The lowest BCUT2D eigenvalue weighted by molar-refractivity contribution is 0.726. The number of nitrogens with two attached hydrogens (primary N) is 1. The lowest BCUT2D eigenvalue weighted by Gasteiger charge is -2.01. The maximum Gasteiger partial charge on any atom is 0.123 e. The number of thiocarbonyl (C=S) groups is 1. The van der Waals surface area contributed by atoms with Crippen molar-refractivity contribution in [3.63, 3.8) is 0 Å². The Morgan fingerprint density at radius 3 is 2.92 bits per heavy atom. The third-order valence-electron chi connectivity index (χ3n) is 1.81. The molecule has 1 heterocycles. The number of aromatic nitrogens is 1. The summed E-state index contributed by atoms with van der Waals surface area (Å²) in [7, 11) is 0. The number of rotatable bonds is 3. The quantitative estimate of drug-likeness (QED) is 0.761. The van der Waals surface area contributed by atoms with Gasteiger partial charge >= 0.3 is 0 Å². The second-order valence-corrected chi connectivity index (χ2v) is 4.07. The minimum absolute atomic E-state index is 0.390. The molecule has 66 valence electrons. The highest BCUT2D eigenvalue weighted by Gasteiger charge is 2.09. The molecule has 0 bridgehead atoms. The van der Waals surface area contributed by atoms with Crippen LogP contribution in [0.5, 0.6) is 0 Å². The van der Waals surface area contributed by atoms with E-state index in [4.69, 9.17) is 18.0 Å². The Labute approximate surface area is 81.8 Å². The van der Waals surface area contributed by atoms with Crippen molar-refractivity contribution in [2.75, 3.05) is 0 Å². The maximum absolute atomic E-state index is 5.44. The van der Waals surface area contributed by atoms with Crippen molar-refractivity contribution in [2.24, 2.45) is 5.73 Å². The molecule has 0 aliphatic carbocycles. The van der Waals surface area contributed by atoms with Gasteiger partial charge in [0.2, 0.25) is 0 Å². The standard InChI is InChI=1S/C8H12N2S2/c1-3-5(2)8-10-6(4-12-8)7(9)11/h4-5H,3H2,1-2H3,(H2,9,11). The lowest BCUT2D eigenvalue weighted by atomic mass is 10.1. The summed E-state index contributed by atoms with van der Waals surface area (Å²) in [6.07, 6.45) is 1.10. The number of nitrogens with zero attached hydrogens (tertiary/aromatic N) is 1. The first-order chi connectivity index (χ1) is 5.65. The van der Waals surface area contributed by atoms with Gasteiger partial charge in [0, 0.05) is 11.3 Å². The Morgan fingerprint density at radius 1 is 1.83 bits per heavy atom. The zero-order valence-electron chi connectivity index (χ0n) is 7.20. The predicted octanol–water partition coefficient (Wildman–Crippen LogP) is 2.29. The van der Waals surface area contributed by atoms with Gasteiger partial charge in [-0.25, -0.2) is 4.98 Å². The predicted molar refractivity (Wildman–Crippen MR) is 56.7 cm³/mol. The summed E-state index contributed by atoms with van der Waals surface area (Å²) in [5.41, 5.74) is 6.20. The minimum atomic E-state index is 0.390. The Kier molecular flexibility index (Phi) is 3.17. The molecule has 1 unspecified atom stereocenters. The molecule has 0 aromatic carbocycles. The van der Waals surface area contributed by atoms with E-state index in [2.05, 4.69) is 18.8 Å². The molecule has 2 N–H and O–H groups in total. The van der Waals surface area contributed by atoms with E-state index < -0.39 is 0 Å². The average Bonchev–Trinajstić information content (AvgIpc) is 2.51. The molecular weight excluding hydrogens is 188 g/mol. The summed E-state index contributed by atoms with van der Waals surface area (Å²) in [5, 5.41) is 3.05. The molecule has 1 rings (SSSR count). The van der Waals surface area contributed by atoms with Crippen LogP contribution in [0.4, 0.5) is 0 Å². The minimum Gasteiger partial charge on any atom is -0.388 e. The summed E-state index contributed by atoms with van der Waals surface area (Å²) in [4.78, 5) is 4.72. The molecule has 0 aliphatic rings. The molecule has 1 atom stereocenters. The fraction of sp³-hybridized carbons (Fsp3) is 0.500. The molecule has 12 heavy (non-hydrogen) atoms. The molecule has 1 aromatic rings. The molecule has 0 fully saturated rings. The van der Waals surface area contributed by atoms with Crippen LogP contribution >= 0.6 is 23.6 Å². The summed E-state index contributed by atoms with van der Waals surface area (Å²) in [6.45, 7) is 4.30. The van der Waals surface area contributed by atoms with E-state index >= 15 is 0 Å². The SMILES string of the molecule is CCC(C)c1nc(C(N)=S)cs1. The Balaban J connectivity index is 2.84. The topological polar surface area (TPSA) is 38.9 Å². The van der Waals surface area contributed by atoms with Gasteiger partial charge < -0.3 is 5.73 Å². The maximum atomic E-state index is 5.44. The Hall–Kier alpha value is -0.480. The molecule has 0 aliphatic heterocycles. The first-order valence-corrected chi connectivity index (χ1v) is 5.19. The third kappa shape index (κ3) is 2.01. The molecule has 1 aromatic heterocycles. The van der Waals surface area contributed by atoms with Gasteiger partial charge in [-0.15, -0.1) is 11.3 Å². The second kappa shape index (κ2) is 3.96. The highest BCUT2D eigenvalue weighted by atomic mass is 32.1. The van der Waals surface area contributed by atoms with Crippen LogP contribution in [-0.2, 0) is 0 Å². The lowest BCUT2D eigenvalue weighted by Crippen LogP contribution is -2.09. The monoisotopic (exact) mass is 200 g/mol. The van der Waals surface area contributed by atoms with Gasteiger partial charge in [-0.3, -0.25) is 0 Å². The Bertz CT molecular complexity index is 280.